The zero-order valence-electron chi connectivity index (χ0n) is 18.7. The molecule has 4 rings (SSSR count). The molecule has 3 heterocycles. The summed E-state index contributed by atoms with van der Waals surface area (Å²) in [6.45, 7) is 6.74. The van der Waals surface area contributed by atoms with Gasteiger partial charge in [0.25, 0.3) is 5.91 Å². The van der Waals surface area contributed by atoms with E-state index in [9.17, 15) is 9.59 Å². The number of rotatable bonds is 7. The quantitative estimate of drug-likeness (QED) is 0.440. The van der Waals surface area contributed by atoms with Crippen molar-refractivity contribution in [1.29, 1.82) is 0 Å². The van der Waals surface area contributed by atoms with Crippen molar-refractivity contribution in [3.8, 4) is 0 Å². The third kappa shape index (κ3) is 5.01. The summed E-state index contributed by atoms with van der Waals surface area (Å²) in [5, 5.41) is 11.1. The zero-order chi connectivity index (χ0) is 24.2. The van der Waals surface area contributed by atoms with Crippen LogP contribution in [0.3, 0.4) is 0 Å². The smallest absolute Gasteiger partial charge is 0.254 e. The maximum atomic E-state index is 12.0. The Labute approximate surface area is 201 Å². The van der Waals surface area contributed by atoms with E-state index in [1.165, 1.54) is 12.3 Å². The number of carbonyl (C=O) groups excluding carboxylic acids is 2. The van der Waals surface area contributed by atoms with Gasteiger partial charge in [0.1, 0.15) is 11.4 Å². The van der Waals surface area contributed by atoms with E-state index < -0.39 is 5.91 Å². The SMILES string of the molecule is C=CC(=O)N1CCCC(n2cc(Nc3ncc(C(N)=O)c(Nc4c(C)cccc4Cl)n3)cn2)C1. The lowest BCUT2D eigenvalue weighted by Crippen LogP contribution is -2.39. The van der Waals surface area contributed by atoms with Crippen molar-refractivity contribution in [3.05, 3.63) is 65.6 Å². The van der Waals surface area contributed by atoms with Crippen molar-refractivity contribution in [1.82, 2.24) is 24.6 Å². The first-order valence-corrected chi connectivity index (χ1v) is 11.1. The van der Waals surface area contributed by atoms with E-state index in [2.05, 4.69) is 32.3 Å². The summed E-state index contributed by atoms with van der Waals surface area (Å²) >= 11 is 6.32. The number of benzene rings is 1. The number of primary amides is 1. The van der Waals surface area contributed by atoms with Crippen molar-refractivity contribution >= 4 is 46.6 Å². The first-order valence-electron chi connectivity index (χ1n) is 10.8. The van der Waals surface area contributed by atoms with Gasteiger partial charge >= 0.3 is 0 Å². The number of hydrogen-bond donors (Lipinski definition) is 3. The van der Waals surface area contributed by atoms with Crippen LogP contribution in [0.25, 0.3) is 0 Å². The number of nitrogens with zero attached hydrogens (tertiary/aromatic N) is 5. The predicted molar refractivity (Wildman–Crippen MR) is 131 cm³/mol. The Hall–Kier alpha value is -3.92. The predicted octanol–water partition coefficient (Wildman–Crippen LogP) is 3.57. The number of halogens is 1. The topological polar surface area (TPSA) is 131 Å². The summed E-state index contributed by atoms with van der Waals surface area (Å²) in [5.41, 5.74) is 7.82. The van der Waals surface area contributed by atoms with Gasteiger partial charge in [-0.2, -0.15) is 10.1 Å². The van der Waals surface area contributed by atoms with Gasteiger partial charge in [0.2, 0.25) is 11.9 Å². The molecule has 1 saturated heterocycles. The maximum Gasteiger partial charge on any atom is 0.254 e. The average molecular weight is 481 g/mol. The van der Waals surface area contributed by atoms with Crippen LogP contribution in [0.5, 0.6) is 0 Å². The standard InChI is InChI=1S/C23H25ClN8O2/c1-3-19(33)31-9-5-7-16(13-31)32-12-15(10-27-32)28-23-26-11-17(21(25)34)22(30-23)29-20-14(2)6-4-8-18(20)24/h3-4,6,8,10-12,16H,1,5,7,9,13H2,2H3,(H2,25,34)(H2,26,28,29,30). The van der Waals surface area contributed by atoms with E-state index in [1.807, 2.05) is 29.9 Å². The first kappa shape index (κ1) is 23.2. The van der Waals surface area contributed by atoms with Crippen molar-refractivity contribution < 1.29 is 9.59 Å². The molecule has 1 fully saturated rings. The zero-order valence-corrected chi connectivity index (χ0v) is 19.4. The molecular weight excluding hydrogens is 456 g/mol. The lowest BCUT2D eigenvalue weighted by atomic mass is 10.1. The third-order valence-corrected chi connectivity index (χ3v) is 5.95. The normalized spacial score (nSPS) is 15.6. The van der Waals surface area contributed by atoms with Gasteiger partial charge in [-0.3, -0.25) is 14.3 Å². The van der Waals surface area contributed by atoms with E-state index in [0.29, 0.717) is 29.5 Å². The van der Waals surface area contributed by atoms with Crippen LogP contribution in [0.1, 0.15) is 34.8 Å². The molecule has 1 unspecified atom stereocenters. The number of likely N-dealkylation sites (tertiary alicyclic amines) is 1. The molecule has 11 heteroatoms. The molecule has 2 aromatic heterocycles. The van der Waals surface area contributed by atoms with Gasteiger partial charge in [-0.25, -0.2) is 4.98 Å². The first-order chi connectivity index (χ1) is 16.4. The molecule has 1 aromatic carbocycles. The number of nitrogens with one attached hydrogen (secondary N) is 2. The molecule has 3 aromatic rings. The van der Waals surface area contributed by atoms with Crippen molar-refractivity contribution in [3.63, 3.8) is 0 Å². The Morgan fingerprint density at radius 1 is 1.29 bits per heavy atom. The van der Waals surface area contributed by atoms with Crippen LogP contribution in [0.4, 0.5) is 23.1 Å². The molecule has 176 valence electrons. The third-order valence-electron chi connectivity index (χ3n) is 5.63. The molecule has 34 heavy (non-hydrogen) atoms. The summed E-state index contributed by atoms with van der Waals surface area (Å²) in [4.78, 5) is 34.3. The fourth-order valence-electron chi connectivity index (χ4n) is 3.86. The van der Waals surface area contributed by atoms with E-state index in [1.54, 1.807) is 17.2 Å². The van der Waals surface area contributed by atoms with E-state index in [-0.39, 0.29) is 29.3 Å². The number of para-hydroxylation sites is 1. The van der Waals surface area contributed by atoms with Gasteiger partial charge in [0, 0.05) is 25.5 Å². The van der Waals surface area contributed by atoms with Gasteiger partial charge in [0.05, 0.1) is 28.6 Å². The van der Waals surface area contributed by atoms with Crippen LogP contribution in [-0.2, 0) is 4.79 Å². The largest absolute Gasteiger partial charge is 0.365 e. The summed E-state index contributed by atoms with van der Waals surface area (Å²) in [6, 6.07) is 5.53. The highest BCUT2D eigenvalue weighted by Crippen LogP contribution is 2.30. The molecule has 0 bridgehead atoms. The molecule has 0 radical (unpaired) electrons. The van der Waals surface area contributed by atoms with Crippen LogP contribution in [0.2, 0.25) is 5.02 Å². The van der Waals surface area contributed by atoms with Crippen molar-refractivity contribution in [2.45, 2.75) is 25.8 Å². The molecule has 1 atom stereocenters. The minimum atomic E-state index is -0.664. The van der Waals surface area contributed by atoms with Gasteiger partial charge in [0.15, 0.2) is 0 Å². The summed E-state index contributed by atoms with van der Waals surface area (Å²) in [5.74, 6) is -0.252. The van der Waals surface area contributed by atoms with Crippen LogP contribution < -0.4 is 16.4 Å². The fraction of sp³-hybridized carbons (Fsp3) is 0.261. The number of carbonyl (C=O) groups is 2. The number of aromatic nitrogens is 4. The number of nitrogens with two attached hydrogens (primary N) is 1. The molecular formula is C23H25ClN8O2. The van der Waals surface area contributed by atoms with Gasteiger partial charge in [-0.1, -0.05) is 30.3 Å². The Morgan fingerprint density at radius 3 is 2.85 bits per heavy atom. The molecule has 2 amide bonds. The average Bonchev–Trinajstić information content (AvgIpc) is 3.29. The second kappa shape index (κ2) is 9.92. The lowest BCUT2D eigenvalue weighted by Gasteiger charge is -2.32. The van der Waals surface area contributed by atoms with Gasteiger partial charge < -0.3 is 21.3 Å². The maximum absolute atomic E-state index is 12.0. The van der Waals surface area contributed by atoms with Crippen molar-refractivity contribution in [2.24, 2.45) is 5.73 Å². The molecule has 4 N–H and O–H groups in total. The highest BCUT2D eigenvalue weighted by molar-refractivity contribution is 6.33. The Morgan fingerprint density at radius 2 is 2.12 bits per heavy atom. The molecule has 1 aliphatic rings. The number of piperidine rings is 1. The lowest BCUT2D eigenvalue weighted by molar-refractivity contribution is -0.127. The molecule has 1 aliphatic heterocycles. The number of amides is 2. The van der Waals surface area contributed by atoms with Crippen LogP contribution in [-0.4, -0.2) is 49.6 Å². The van der Waals surface area contributed by atoms with Gasteiger partial charge in [-0.15, -0.1) is 0 Å². The van der Waals surface area contributed by atoms with E-state index in [4.69, 9.17) is 17.3 Å². The van der Waals surface area contributed by atoms with Crippen molar-refractivity contribution in [2.75, 3.05) is 23.7 Å². The Kier molecular flexibility index (Phi) is 6.78. The monoisotopic (exact) mass is 480 g/mol. The van der Waals surface area contributed by atoms with Crippen LogP contribution >= 0.6 is 11.6 Å². The second-order valence-corrected chi connectivity index (χ2v) is 8.40. The minimum absolute atomic E-state index is 0.0618. The van der Waals surface area contributed by atoms with Crippen LogP contribution in [0, 0.1) is 6.92 Å². The van der Waals surface area contributed by atoms with Crippen LogP contribution in [0.15, 0.2) is 49.4 Å². The summed E-state index contributed by atoms with van der Waals surface area (Å²) in [7, 11) is 0. The second-order valence-electron chi connectivity index (χ2n) is 8.00. The number of aryl methyl sites for hydroxylation is 1. The van der Waals surface area contributed by atoms with Gasteiger partial charge in [-0.05, 0) is 37.5 Å². The van der Waals surface area contributed by atoms with E-state index >= 15 is 0 Å². The number of hydrogen-bond acceptors (Lipinski definition) is 7. The Balaban J connectivity index is 1.54. The fourth-order valence-corrected chi connectivity index (χ4v) is 4.13. The molecule has 0 saturated carbocycles. The summed E-state index contributed by atoms with van der Waals surface area (Å²) < 4.78 is 1.83. The number of anilines is 4. The Bertz CT molecular complexity index is 1220. The molecule has 0 aliphatic carbocycles. The minimum Gasteiger partial charge on any atom is -0.365 e. The highest BCUT2D eigenvalue weighted by Gasteiger charge is 2.24. The summed E-state index contributed by atoms with van der Waals surface area (Å²) in [6.07, 6.45) is 7.99. The molecule has 10 nitrogen and oxygen atoms in total. The molecule has 0 spiro atoms. The van der Waals surface area contributed by atoms with E-state index in [0.717, 1.165) is 18.4 Å². The highest BCUT2D eigenvalue weighted by atomic mass is 35.5.